The van der Waals surface area contributed by atoms with Gasteiger partial charge in [0.05, 0.1) is 25.0 Å². The Labute approximate surface area is 152 Å². The number of likely N-dealkylation sites (tertiary alicyclic amines) is 1. The molecule has 1 aliphatic heterocycles. The minimum atomic E-state index is -0.101. The average molecular weight is 348 g/mol. The van der Waals surface area contributed by atoms with Crippen LogP contribution in [0.3, 0.4) is 0 Å². The van der Waals surface area contributed by atoms with Gasteiger partial charge in [-0.05, 0) is 42.7 Å². The minimum Gasteiger partial charge on any atom is -0.493 e. The largest absolute Gasteiger partial charge is 0.493 e. The van der Waals surface area contributed by atoms with Crippen LogP contribution in [0.15, 0.2) is 61.1 Å². The maximum atomic E-state index is 13.2. The quantitative estimate of drug-likeness (QED) is 0.726. The molecule has 1 aromatic carbocycles. The van der Waals surface area contributed by atoms with Gasteiger partial charge in [0.15, 0.2) is 11.4 Å². The van der Waals surface area contributed by atoms with Gasteiger partial charge in [-0.2, -0.15) is 5.10 Å². The lowest BCUT2D eigenvalue weighted by molar-refractivity contribution is 0.0726. The highest BCUT2D eigenvalue weighted by Crippen LogP contribution is 2.34. The van der Waals surface area contributed by atoms with Gasteiger partial charge in [0.2, 0.25) is 0 Å². The lowest BCUT2D eigenvalue weighted by Crippen LogP contribution is -2.31. The molecule has 1 amide bonds. The molecule has 0 spiro atoms. The Hall–Kier alpha value is -3.15. The standard InChI is InChI=1S/C20H20N4O2/c1-26-18-14-24(16-6-3-2-4-7-16)22-19(18)20(25)23-13-5-8-17(23)15-9-11-21-12-10-15/h2-4,6-7,9-12,14,17H,5,8,13H2,1H3. The zero-order valence-corrected chi connectivity index (χ0v) is 14.6. The van der Waals surface area contributed by atoms with Crippen LogP contribution in [0.2, 0.25) is 0 Å². The normalized spacial score (nSPS) is 16.7. The van der Waals surface area contributed by atoms with Crippen LogP contribution >= 0.6 is 0 Å². The summed E-state index contributed by atoms with van der Waals surface area (Å²) in [6.07, 6.45) is 7.19. The number of hydrogen-bond acceptors (Lipinski definition) is 4. The van der Waals surface area contributed by atoms with E-state index < -0.39 is 0 Å². The lowest BCUT2D eigenvalue weighted by Gasteiger charge is -2.24. The predicted octanol–water partition coefficient (Wildman–Crippen LogP) is 3.25. The average Bonchev–Trinajstić information content (AvgIpc) is 3.36. The Morgan fingerprint density at radius 3 is 2.65 bits per heavy atom. The van der Waals surface area contributed by atoms with Crippen molar-refractivity contribution >= 4 is 5.91 Å². The summed E-state index contributed by atoms with van der Waals surface area (Å²) >= 11 is 0. The number of pyridine rings is 1. The number of nitrogens with zero attached hydrogens (tertiary/aromatic N) is 4. The van der Waals surface area contributed by atoms with Gasteiger partial charge < -0.3 is 9.64 Å². The number of carbonyl (C=O) groups is 1. The molecular formula is C20H20N4O2. The maximum absolute atomic E-state index is 13.2. The van der Waals surface area contributed by atoms with Crippen molar-refractivity contribution in [2.24, 2.45) is 0 Å². The first-order valence-electron chi connectivity index (χ1n) is 8.68. The highest BCUT2D eigenvalue weighted by molar-refractivity contribution is 5.95. The van der Waals surface area contributed by atoms with E-state index in [0.717, 1.165) is 24.1 Å². The van der Waals surface area contributed by atoms with Gasteiger partial charge in [-0.15, -0.1) is 0 Å². The monoisotopic (exact) mass is 348 g/mol. The van der Waals surface area contributed by atoms with Crippen LogP contribution in [0.4, 0.5) is 0 Å². The molecule has 0 saturated carbocycles. The molecule has 3 aromatic rings. The lowest BCUT2D eigenvalue weighted by atomic mass is 10.1. The second kappa shape index (κ2) is 7.00. The Morgan fingerprint density at radius 2 is 1.92 bits per heavy atom. The molecule has 2 aromatic heterocycles. The fourth-order valence-electron chi connectivity index (χ4n) is 3.45. The van der Waals surface area contributed by atoms with Gasteiger partial charge in [0, 0.05) is 18.9 Å². The summed E-state index contributed by atoms with van der Waals surface area (Å²) in [4.78, 5) is 19.2. The van der Waals surface area contributed by atoms with Crippen molar-refractivity contribution in [2.45, 2.75) is 18.9 Å². The number of carbonyl (C=O) groups excluding carboxylic acids is 1. The van der Waals surface area contributed by atoms with Gasteiger partial charge in [-0.1, -0.05) is 18.2 Å². The Kier molecular flexibility index (Phi) is 4.39. The van der Waals surface area contributed by atoms with Gasteiger partial charge in [-0.25, -0.2) is 4.68 Å². The SMILES string of the molecule is COc1cn(-c2ccccc2)nc1C(=O)N1CCCC1c1ccncc1. The third kappa shape index (κ3) is 2.94. The van der Waals surface area contributed by atoms with Gasteiger partial charge in [0.1, 0.15) is 0 Å². The second-order valence-electron chi connectivity index (χ2n) is 6.26. The molecule has 0 bridgehead atoms. The molecule has 1 atom stereocenters. The zero-order chi connectivity index (χ0) is 17.9. The summed E-state index contributed by atoms with van der Waals surface area (Å²) in [6.45, 7) is 0.715. The van der Waals surface area contributed by atoms with Gasteiger partial charge in [-0.3, -0.25) is 9.78 Å². The number of amides is 1. The molecule has 132 valence electrons. The molecule has 4 rings (SSSR count). The zero-order valence-electron chi connectivity index (χ0n) is 14.6. The molecule has 0 N–H and O–H groups in total. The minimum absolute atomic E-state index is 0.0529. The summed E-state index contributed by atoms with van der Waals surface area (Å²) in [6, 6.07) is 13.7. The molecule has 3 heterocycles. The highest BCUT2D eigenvalue weighted by Gasteiger charge is 2.33. The number of aromatic nitrogens is 3. The Morgan fingerprint density at radius 1 is 1.15 bits per heavy atom. The van der Waals surface area contributed by atoms with Crippen molar-refractivity contribution in [3.8, 4) is 11.4 Å². The van der Waals surface area contributed by atoms with Gasteiger partial charge in [0.25, 0.3) is 5.91 Å². The van der Waals surface area contributed by atoms with E-state index in [1.165, 1.54) is 0 Å². The van der Waals surface area contributed by atoms with E-state index >= 15 is 0 Å². The van der Waals surface area contributed by atoms with Crippen molar-refractivity contribution in [3.05, 3.63) is 72.3 Å². The Bertz CT molecular complexity index is 893. The number of hydrogen-bond donors (Lipinski definition) is 0. The van der Waals surface area contributed by atoms with E-state index in [-0.39, 0.29) is 11.9 Å². The second-order valence-corrected chi connectivity index (χ2v) is 6.26. The van der Waals surface area contributed by atoms with Crippen molar-refractivity contribution in [3.63, 3.8) is 0 Å². The third-order valence-corrected chi connectivity index (χ3v) is 4.73. The van der Waals surface area contributed by atoms with E-state index in [0.29, 0.717) is 18.0 Å². The number of benzene rings is 1. The first kappa shape index (κ1) is 16.3. The third-order valence-electron chi connectivity index (χ3n) is 4.73. The van der Waals surface area contributed by atoms with Crippen LogP contribution in [0.1, 0.15) is 34.9 Å². The smallest absolute Gasteiger partial charge is 0.278 e. The number of rotatable bonds is 4. The fourth-order valence-corrected chi connectivity index (χ4v) is 3.45. The van der Waals surface area contributed by atoms with Crippen molar-refractivity contribution in [1.29, 1.82) is 0 Å². The number of ether oxygens (including phenoxy) is 1. The molecule has 1 aliphatic rings. The van der Waals surface area contributed by atoms with Crippen LogP contribution in [-0.2, 0) is 0 Å². The summed E-state index contributed by atoms with van der Waals surface area (Å²) < 4.78 is 7.11. The van der Waals surface area contributed by atoms with E-state index in [1.54, 1.807) is 30.4 Å². The van der Waals surface area contributed by atoms with Crippen LogP contribution in [0.25, 0.3) is 5.69 Å². The van der Waals surface area contributed by atoms with E-state index in [9.17, 15) is 4.79 Å². The molecule has 0 radical (unpaired) electrons. The molecule has 1 fully saturated rings. The molecule has 1 saturated heterocycles. The van der Waals surface area contributed by atoms with Crippen LogP contribution in [-0.4, -0.2) is 39.2 Å². The van der Waals surface area contributed by atoms with Crippen LogP contribution in [0.5, 0.6) is 5.75 Å². The number of para-hydroxylation sites is 1. The van der Waals surface area contributed by atoms with E-state index in [1.807, 2.05) is 47.4 Å². The van der Waals surface area contributed by atoms with Gasteiger partial charge >= 0.3 is 0 Å². The van der Waals surface area contributed by atoms with Crippen molar-refractivity contribution in [1.82, 2.24) is 19.7 Å². The summed E-state index contributed by atoms with van der Waals surface area (Å²) in [7, 11) is 1.56. The fraction of sp³-hybridized carbons (Fsp3) is 0.250. The number of methoxy groups -OCH3 is 1. The molecular weight excluding hydrogens is 328 g/mol. The molecule has 0 aliphatic carbocycles. The topological polar surface area (TPSA) is 60.3 Å². The first-order chi connectivity index (χ1) is 12.8. The Balaban J connectivity index is 1.66. The predicted molar refractivity (Wildman–Crippen MR) is 97.4 cm³/mol. The summed E-state index contributed by atoms with van der Waals surface area (Å²) in [5, 5.41) is 4.51. The summed E-state index contributed by atoms with van der Waals surface area (Å²) in [5.74, 6) is 0.384. The first-order valence-corrected chi connectivity index (χ1v) is 8.68. The maximum Gasteiger partial charge on any atom is 0.278 e. The van der Waals surface area contributed by atoms with Crippen LogP contribution in [0, 0.1) is 0 Å². The van der Waals surface area contributed by atoms with E-state index in [2.05, 4.69) is 10.1 Å². The molecule has 6 nitrogen and oxygen atoms in total. The van der Waals surface area contributed by atoms with E-state index in [4.69, 9.17) is 4.74 Å². The molecule has 1 unspecified atom stereocenters. The molecule has 6 heteroatoms. The van der Waals surface area contributed by atoms with Crippen molar-refractivity contribution in [2.75, 3.05) is 13.7 Å². The van der Waals surface area contributed by atoms with Crippen molar-refractivity contribution < 1.29 is 9.53 Å². The molecule has 26 heavy (non-hydrogen) atoms. The van der Waals surface area contributed by atoms with Crippen LogP contribution < -0.4 is 4.74 Å². The summed E-state index contributed by atoms with van der Waals surface area (Å²) in [5.41, 5.74) is 2.33. The highest BCUT2D eigenvalue weighted by atomic mass is 16.5.